The third-order valence-electron chi connectivity index (χ3n) is 5.08. The third kappa shape index (κ3) is 2.33. The number of para-hydroxylation sites is 1. The SMILES string of the molecule is CC1=CCc2ncc(-c3cncc(N4CCc5ccccc54)n3)cc21. The number of pyridine rings is 1. The lowest BCUT2D eigenvalue weighted by atomic mass is 10.1. The summed E-state index contributed by atoms with van der Waals surface area (Å²) in [6.45, 7) is 3.09. The average Bonchev–Trinajstić information content (AvgIpc) is 3.26. The van der Waals surface area contributed by atoms with E-state index in [1.165, 1.54) is 22.4 Å². The molecule has 0 radical (unpaired) electrons. The molecule has 1 aliphatic heterocycles. The molecule has 0 unspecified atom stereocenters. The molecule has 0 amide bonds. The molecule has 2 aliphatic rings. The van der Waals surface area contributed by atoms with Gasteiger partial charge in [0.15, 0.2) is 5.82 Å². The number of hydrogen-bond acceptors (Lipinski definition) is 4. The van der Waals surface area contributed by atoms with Crippen molar-refractivity contribution in [2.24, 2.45) is 0 Å². The zero-order valence-electron chi connectivity index (χ0n) is 14.1. The second-order valence-corrected chi connectivity index (χ2v) is 6.60. The molecule has 3 heterocycles. The van der Waals surface area contributed by atoms with Gasteiger partial charge < -0.3 is 4.90 Å². The summed E-state index contributed by atoms with van der Waals surface area (Å²) in [6.07, 6.45) is 9.78. The zero-order chi connectivity index (χ0) is 16.8. The highest BCUT2D eigenvalue weighted by molar-refractivity contribution is 5.75. The normalized spacial score (nSPS) is 15.1. The summed E-state index contributed by atoms with van der Waals surface area (Å²) in [5, 5.41) is 0. The molecule has 0 N–H and O–H groups in total. The van der Waals surface area contributed by atoms with Gasteiger partial charge in [-0.05, 0) is 42.2 Å². The highest BCUT2D eigenvalue weighted by Crippen LogP contribution is 2.34. The highest BCUT2D eigenvalue weighted by atomic mass is 15.2. The van der Waals surface area contributed by atoms with Crippen LogP contribution in [0.25, 0.3) is 16.8 Å². The first-order valence-electron chi connectivity index (χ1n) is 8.63. The van der Waals surface area contributed by atoms with Crippen LogP contribution in [0.4, 0.5) is 11.5 Å². The Morgan fingerprint density at radius 3 is 2.96 bits per heavy atom. The van der Waals surface area contributed by atoms with Crippen LogP contribution in [0.3, 0.4) is 0 Å². The fraction of sp³-hybridized carbons (Fsp3) is 0.190. The van der Waals surface area contributed by atoms with E-state index in [1.54, 1.807) is 0 Å². The van der Waals surface area contributed by atoms with Crippen LogP contribution in [0, 0.1) is 0 Å². The Kier molecular flexibility index (Phi) is 3.17. The van der Waals surface area contributed by atoms with Crippen molar-refractivity contribution < 1.29 is 0 Å². The number of aromatic nitrogens is 3. The molecule has 0 bridgehead atoms. The van der Waals surface area contributed by atoms with Crippen LogP contribution in [0.15, 0.2) is 55.0 Å². The first-order valence-corrected chi connectivity index (χ1v) is 8.63. The highest BCUT2D eigenvalue weighted by Gasteiger charge is 2.21. The minimum atomic E-state index is 0.872. The fourth-order valence-electron chi connectivity index (χ4n) is 3.70. The van der Waals surface area contributed by atoms with Crippen molar-refractivity contribution in [3.8, 4) is 11.3 Å². The van der Waals surface area contributed by atoms with E-state index in [4.69, 9.17) is 4.98 Å². The van der Waals surface area contributed by atoms with Crippen LogP contribution in [0.2, 0.25) is 0 Å². The van der Waals surface area contributed by atoms with E-state index >= 15 is 0 Å². The van der Waals surface area contributed by atoms with Crippen LogP contribution < -0.4 is 4.90 Å². The first-order chi connectivity index (χ1) is 12.3. The summed E-state index contributed by atoms with van der Waals surface area (Å²) in [5.41, 5.74) is 8.18. The fourth-order valence-corrected chi connectivity index (χ4v) is 3.70. The first kappa shape index (κ1) is 14.3. The molecule has 0 atom stereocenters. The molecular weight excluding hydrogens is 308 g/mol. The van der Waals surface area contributed by atoms with E-state index in [2.05, 4.69) is 58.2 Å². The van der Waals surface area contributed by atoms with E-state index < -0.39 is 0 Å². The minimum Gasteiger partial charge on any atom is -0.324 e. The van der Waals surface area contributed by atoms with Gasteiger partial charge in [-0.25, -0.2) is 4.98 Å². The summed E-state index contributed by atoms with van der Waals surface area (Å²) >= 11 is 0. The summed E-state index contributed by atoms with van der Waals surface area (Å²) in [7, 11) is 0. The predicted molar refractivity (Wildman–Crippen MR) is 99.8 cm³/mol. The lowest BCUT2D eigenvalue weighted by molar-refractivity contribution is 0.965. The Hall–Kier alpha value is -3.01. The van der Waals surface area contributed by atoms with Crippen LogP contribution >= 0.6 is 0 Å². The van der Waals surface area contributed by atoms with E-state index in [-0.39, 0.29) is 0 Å². The monoisotopic (exact) mass is 326 g/mol. The van der Waals surface area contributed by atoms with Gasteiger partial charge in [0.2, 0.25) is 0 Å². The van der Waals surface area contributed by atoms with Crippen LogP contribution in [-0.2, 0) is 12.8 Å². The Bertz CT molecular complexity index is 1010. The lowest BCUT2D eigenvalue weighted by Gasteiger charge is -2.18. The van der Waals surface area contributed by atoms with Gasteiger partial charge in [-0.1, -0.05) is 24.3 Å². The average molecular weight is 326 g/mol. The van der Waals surface area contributed by atoms with Gasteiger partial charge in [0.25, 0.3) is 0 Å². The summed E-state index contributed by atoms with van der Waals surface area (Å²) in [5.74, 6) is 0.898. The standard InChI is InChI=1S/C21H18N4/c1-14-6-7-18-17(14)10-16(11-23-18)19-12-22-13-21(24-19)25-9-8-15-4-2-3-5-20(15)25/h2-6,10-13H,7-9H2,1H3. The molecular formula is C21H18N4. The van der Waals surface area contributed by atoms with Crippen molar-refractivity contribution in [2.75, 3.05) is 11.4 Å². The Morgan fingerprint density at radius 1 is 1.08 bits per heavy atom. The minimum absolute atomic E-state index is 0.872. The van der Waals surface area contributed by atoms with Gasteiger partial charge in [0.1, 0.15) is 0 Å². The summed E-state index contributed by atoms with van der Waals surface area (Å²) in [4.78, 5) is 16.2. The maximum atomic E-state index is 4.88. The topological polar surface area (TPSA) is 41.9 Å². The molecule has 4 nitrogen and oxygen atoms in total. The molecule has 1 aromatic carbocycles. The number of benzene rings is 1. The Morgan fingerprint density at radius 2 is 2.00 bits per heavy atom. The predicted octanol–water partition coefficient (Wildman–Crippen LogP) is 4.19. The molecule has 1 aliphatic carbocycles. The van der Waals surface area contributed by atoms with Gasteiger partial charge in [-0.15, -0.1) is 0 Å². The Labute approximate surface area is 146 Å². The number of rotatable bonds is 2. The van der Waals surface area contributed by atoms with Crippen molar-refractivity contribution in [3.05, 3.63) is 71.8 Å². The van der Waals surface area contributed by atoms with E-state index in [0.29, 0.717) is 0 Å². The van der Waals surface area contributed by atoms with E-state index in [1.807, 2.05) is 18.6 Å². The molecule has 0 fully saturated rings. The van der Waals surface area contributed by atoms with Crippen LogP contribution in [0.1, 0.15) is 23.7 Å². The van der Waals surface area contributed by atoms with Crippen molar-refractivity contribution >= 4 is 17.1 Å². The van der Waals surface area contributed by atoms with Crippen LogP contribution in [0.5, 0.6) is 0 Å². The van der Waals surface area contributed by atoms with Gasteiger partial charge in [-0.2, -0.15) is 0 Å². The second kappa shape index (κ2) is 5.52. The van der Waals surface area contributed by atoms with Gasteiger partial charge >= 0.3 is 0 Å². The van der Waals surface area contributed by atoms with Gasteiger partial charge in [0, 0.05) is 30.4 Å². The molecule has 2 aromatic heterocycles. The molecule has 0 spiro atoms. The molecule has 0 saturated heterocycles. The second-order valence-electron chi connectivity index (χ2n) is 6.60. The zero-order valence-corrected chi connectivity index (χ0v) is 14.1. The number of hydrogen-bond donors (Lipinski definition) is 0. The van der Waals surface area contributed by atoms with Gasteiger partial charge in [-0.3, -0.25) is 9.97 Å². The summed E-state index contributed by atoms with van der Waals surface area (Å²) in [6, 6.07) is 10.7. The quantitative estimate of drug-likeness (QED) is 0.708. The number of nitrogens with zero attached hydrogens (tertiary/aromatic N) is 4. The largest absolute Gasteiger partial charge is 0.324 e. The van der Waals surface area contributed by atoms with Crippen molar-refractivity contribution in [1.82, 2.24) is 15.0 Å². The van der Waals surface area contributed by atoms with E-state index in [9.17, 15) is 0 Å². The summed E-state index contributed by atoms with van der Waals surface area (Å²) < 4.78 is 0. The maximum Gasteiger partial charge on any atom is 0.152 e. The number of anilines is 2. The van der Waals surface area contributed by atoms with Crippen molar-refractivity contribution in [2.45, 2.75) is 19.8 Å². The van der Waals surface area contributed by atoms with Gasteiger partial charge in [0.05, 0.1) is 23.8 Å². The third-order valence-corrected chi connectivity index (χ3v) is 5.08. The molecule has 5 rings (SSSR count). The van der Waals surface area contributed by atoms with Crippen molar-refractivity contribution in [3.63, 3.8) is 0 Å². The Balaban J connectivity index is 1.55. The number of fused-ring (bicyclic) bond motifs is 2. The van der Waals surface area contributed by atoms with E-state index in [0.717, 1.165) is 42.2 Å². The molecule has 4 heteroatoms. The molecule has 25 heavy (non-hydrogen) atoms. The smallest absolute Gasteiger partial charge is 0.152 e. The maximum absolute atomic E-state index is 4.88. The number of allylic oxidation sites excluding steroid dienone is 2. The lowest BCUT2D eigenvalue weighted by Crippen LogP contribution is -2.15. The molecule has 122 valence electrons. The molecule has 3 aromatic rings. The van der Waals surface area contributed by atoms with Crippen molar-refractivity contribution in [1.29, 1.82) is 0 Å². The van der Waals surface area contributed by atoms with Crippen LogP contribution in [-0.4, -0.2) is 21.5 Å². The molecule has 0 saturated carbocycles.